The zero-order chi connectivity index (χ0) is 16.9. The van der Waals surface area contributed by atoms with E-state index in [0.717, 1.165) is 37.1 Å². The van der Waals surface area contributed by atoms with Gasteiger partial charge < -0.3 is 4.90 Å². The first kappa shape index (κ1) is 17.3. The van der Waals surface area contributed by atoms with Gasteiger partial charge in [-0.25, -0.2) is 0 Å². The molecular weight excluding hydrogens is 341 g/mol. The van der Waals surface area contributed by atoms with Crippen LogP contribution in [0.1, 0.15) is 42.7 Å². The first-order chi connectivity index (χ1) is 11.6. The maximum absolute atomic E-state index is 13.3. The highest BCUT2D eigenvalue weighted by atomic mass is 35.5. The van der Waals surface area contributed by atoms with Gasteiger partial charge in [0.2, 0.25) is 5.91 Å². The lowest BCUT2D eigenvalue weighted by Crippen LogP contribution is -2.36. The minimum Gasteiger partial charge on any atom is -0.342 e. The Kier molecular flexibility index (Phi) is 5.80. The molecule has 0 radical (unpaired) electrons. The van der Waals surface area contributed by atoms with Crippen molar-refractivity contribution in [1.82, 2.24) is 4.90 Å². The molecule has 0 unspecified atom stereocenters. The van der Waals surface area contributed by atoms with Crippen molar-refractivity contribution in [2.45, 2.75) is 31.6 Å². The highest BCUT2D eigenvalue weighted by Crippen LogP contribution is 2.30. The Balaban J connectivity index is 1.95. The Labute approximate surface area is 153 Å². The molecule has 24 heavy (non-hydrogen) atoms. The second-order valence-electron chi connectivity index (χ2n) is 6.28. The number of carbonyl (C=O) groups excluding carboxylic acids is 1. The second-order valence-corrected chi connectivity index (χ2v) is 7.15. The zero-order valence-electron chi connectivity index (χ0n) is 13.6. The largest absolute Gasteiger partial charge is 0.342 e. The van der Waals surface area contributed by atoms with Crippen LogP contribution < -0.4 is 0 Å². The molecule has 126 valence electrons. The highest BCUT2D eigenvalue weighted by Gasteiger charge is 2.28. The lowest BCUT2D eigenvalue weighted by molar-refractivity contribution is -0.131. The highest BCUT2D eigenvalue weighted by molar-refractivity contribution is 6.30. The van der Waals surface area contributed by atoms with Crippen molar-refractivity contribution in [3.05, 3.63) is 69.7 Å². The second kappa shape index (κ2) is 8.04. The normalized spacial score (nSPS) is 15.4. The maximum atomic E-state index is 13.3. The number of benzene rings is 2. The van der Waals surface area contributed by atoms with E-state index in [9.17, 15) is 4.79 Å². The molecule has 0 aromatic heterocycles. The minimum atomic E-state index is -0.308. The fraction of sp³-hybridized carbons (Fsp3) is 0.350. The standard InChI is InChI=1S/C20H21Cl2NO/c21-17-9-5-15(6-10-17)19(16-7-11-18(22)12-8-16)20(24)23-13-3-1-2-4-14-23/h5-12,19H,1-4,13-14H2. The molecule has 3 rings (SSSR count). The van der Waals surface area contributed by atoms with Gasteiger partial charge in [0.1, 0.15) is 0 Å². The minimum absolute atomic E-state index is 0.168. The molecule has 1 saturated heterocycles. The molecule has 1 amide bonds. The van der Waals surface area contributed by atoms with Crippen molar-refractivity contribution in [1.29, 1.82) is 0 Å². The van der Waals surface area contributed by atoms with Gasteiger partial charge in [0.05, 0.1) is 5.92 Å². The Morgan fingerprint density at radius 3 is 1.58 bits per heavy atom. The first-order valence-electron chi connectivity index (χ1n) is 8.45. The third-order valence-electron chi connectivity index (χ3n) is 4.57. The molecule has 1 aliphatic rings. The molecule has 2 nitrogen and oxygen atoms in total. The van der Waals surface area contributed by atoms with Crippen LogP contribution in [0.3, 0.4) is 0 Å². The summed E-state index contributed by atoms with van der Waals surface area (Å²) in [7, 11) is 0. The van der Waals surface area contributed by atoms with E-state index in [1.807, 2.05) is 53.4 Å². The van der Waals surface area contributed by atoms with Gasteiger partial charge in [0.15, 0.2) is 0 Å². The van der Waals surface area contributed by atoms with Crippen molar-refractivity contribution in [2.75, 3.05) is 13.1 Å². The van der Waals surface area contributed by atoms with Gasteiger partial charge in [-0.3, -0.25) is 4.79 Å². The molecule has 0 atom stereocenters. The van der Waals surface area contributed by atoms with Crippen molar-refractivity contribution in [3.63, 3.8) is 0 Å². The van der Waals surface area contributed by atoms with Gasteiger partial charge >= 0.3 is 0 Å². The molecule has 0 aliphatic carbocycles. The van der Waals surface area contributed by atoms with Gasteiger partial charge in [-0.1, -0.05) is 60.3 Å². The van der Waals surface area contributed by atoms with E-state index in [4.69, 9.17) is 23.2 Å². The van der Waals surface area contributed by atoms with E-state index in [1.54, 1.807) is 0 Å². The van der Waals surface area contributed by atoms with Crippen molar-refractivity contribution in [2.24, 2.45) is 0 Å². The number of rotatable bonds is 3. The summed E-state index contributed by atoms with van der Waals surface area (Å²) in [6.45, 7) is 1.69. The number of halogens is 2. The summed E-state index contributed by atoms with van der Waals surface area (Å²) in [5.41, 5.74) is 1.94. The molecule has 1 aliphatic heterocycles. The number of hydrogen-bond acceptors (Lipinski definition) is 1. The fourth-order valence-corrected chi connectivity index (χ4v) is 3.51. The smallest absolute Gasteiger partial charge is 0.234 e. The van der Waals surface area contributed by atoms with E-state index in [2.05, 4.69) is 0 Å². The van der Waals surface area contributed by atoms with Gasteiger partial charge in [0, 0.05) is 23.1 Å². The van der Waals surface area contributed by atoms with Gasteiger partial charge in [-0.15, -0.1) is 0 Å². The third kappa shape index (κ3) is 4.12. The zero-order valence-corrected chi connectivity index (χ0v) is 15.1. The molecule has 1 heterocycles. The average molecular weight is 362 g/mol. The van der Waals surface area contributed by atoms with E-state index >= 15 is 0 Å². The van der Waals surface area contributed by atoms with Crippen LogP contribution >= 0.6 is 23.2 Å². The number of nitrogens with zero attached hydrogens (tertiary/aromatic N) is 1. The first-order valence-corrected chi connectivity index (χ1v) is 9.20. The monoisotopic (exact) mass is 361 g/mol. The van der Waals surface area contributed by atoms with Crippen LogP contribution in [0.25, 0.3) is 0 Å². The predicted molar refractivity (Wildman–Crippen MR) is 99.8 cm³/mol. The predicted octanol–water partition coefficient (Wildman–Crippen LogP) is 5.53. The van der Waals surface area contributed by atoms with Crippen LogP contribution in [0.5, 0.6) is 0 Å². The number of carbonyl (C=O) groups is 1. The number of amides is 1. The van der Waals surface area contributed by atoms with Crippen LogP contribution in [0.15, 0.2) is 48.5 Å². The SMILES string of the molecule is O=C(C(c1ccc(Cl)cc1)c1ccc(Cl)cc1)N1CCCCCC1. The molecule has 2 aromatic carbocycles. The summed E-state index contributed by atoms with van der Waals surface area (Å²) in [5, 5.41) is 1.35. The maximum Gasteiger partial charge on any atom is 0.234 e. The molecular formula is C20H21Cl2NO. The molecule has 0 spiro atoms. The summed E-state index contributed by atoms with van der Waals surface area (Å²) in [5.74, 6) is -0.140. The van der Waals surface area contributed by atoms with Gasteiger partial charge in [0.25, 0.3) is 0 Å². The summed E-state index contributed by atoms with van der Waals surface area (Å²) in [4.78, 5) is 15.3. The molecule has 0 saturated carbocycles. The van der Waals surface area contributed by atoms with Gasteiger partial charge in [-0.05, 0) is 48.2 Å². The van der Waals surface area contributed by atoms with Crippen molar-refractivity contribution < 1.29 is 4.79 Å². The lowest BCUT2D eigenvalue weighted by Gasteiger charge is -2.27. The molecule has 1 fully saturated rings. The lowest BCUT2D eigenvalue weighted by atomic mass is 9.90. The average Bonchev–Trinajstić information content (AvgIpc) is 2.88. The van der Waals surface area contributed by atoms with Crippen molar-refractivity contribution in [3.8, 4) is 0 Å². The van der Waals surface area contributed by atoms with E-state index < -0.39 is 0 Å². The Morgan fingerprint density at radius 1 is 0.750 bits per heavy atom. The van der Waals surface area contributed by atoms with Crippen LogP contribution in [-0.4, -0.2) is 23.9 Å². The van der Waals surface area contributed by atoms with Gasteiger partial charge in [-0.2, -0.15) is 0 Å². The summed E-state index contributed by atoms with van der Waals surface area (Å²) < 4.78 is 0. The van der Waals surface area contributed by atoms with Crippen LogP contribution in [-0.2, 0) is 4.79 Å². The van der Waals surface area contributed by atoms with E-state index in [1.165, 1.54) is 12.8 Å². The molecule has 0 N–H and O–H groups in total. The Hall–Kier alpha value is -1.51. The quantitative estimate of drug-likeness (QED) is 0.703. The van der Waals surface area contributed by atoms with E-state index in [-0.39, 0.29) is 11.8 Å². The Bertz CT molecular complexity index is 628. The topological polar surface area (TPSA) is 20.3 Å². The van der Waals surface area contributed by atoms with Crippen molar-refractivity contribution >= 4 is 29.1 Å². The number of hydrogen-bond donors (Lipinski definition) is 0. The molecule has 2 aromatic rings. The molecule has 4 heteroatoms. The number of likely N-dealkylation sites (tertiary alicyclic amines) is 1. The third-order valence-corrected chi connectivity index (χ3v) is 5.08. The summed E-state index contributed by atoms with van der Waals surface area (Å²) in [6.07, 6.45) is 4.58. The summed E-state index contributed by atoms with van der Waals surface area (Å²) >= 11 is 12.0. The van der Waals surface area contributed by atoms with Crippen LogP contribution in [0.2, 0.25) is 10.0 Å². The summed E-state index contributed by atoms with van der Waals surface area (Å²) in [6, 6.07) is 15.1. The van der Waals surface area contributed by atoms with Crippen LogP contribution in [0, 0.1) is 0 Å². The Morgan fingerprint density at radius 2 is 1.17 bits per heavy atom. The fourth-order valence-electron chi connectivity index (χ4n) is 3.26. The van der Waals surface area contributed by atoms with Crippen LogP contribution in [0.4, 0.5) is 0 Å². The molecule has 0 bridgehead atoms. The van der Waals surface area contributed by atoms with E-state index in [0.29, 0.717) is 10.0 Å².